The second-order valence-electron chi connectivity index (χ2n) is 10.8. The van der Waals surface area contributed by atoms with Crippen LogP contribution >= 0.6 is 11.6 Å². The number of pyridine rings is 1. The molecule has 0 spiro atoms. The number of anilines is 3. The van der Waals surface area contributed by atoms with Crippen molar-refractivity contribution in [1.29, 1.82) is 0 Å². The fourth-order valence-corrected chi connectivity index (χ4v) is 5.42. The third-order valence-corrected chi connectivity index (χ3v) is 7.77. The predicted molar refractivity (Wildman–Crippen MR) is 176 cm³/mol. The number of carboxylic acid groups (broad SMARTS) is 1. The number of carbonyl (C=O) groups is 4. The Morgan fingerprint density at radius 1 is 0.870 bits per heavy atom. The number of benzene rings is 3. The molecule has 11 nitrogen and oxygen atoms in total. The van der Waals surface area contributed by atoms with Crippen molar-refractivity contribution < 1.29 is 24.3 Å². The molecule has 1 atom stereocenters. The van der Waals surface area contributed by atoms with Gasteiger partial charge in [-0.15, -0.1) is 0 Å². The molecule has 1 saturated heterocycles. The lowest BCUT2D eigenvalue weighted by Gasteiger charge is -2.37. The molecule has 4 N–H and O–H groups in total. The second kappa shape index (κ2) is 15.0. The van der Waals surface area contributed by atoms with Crippen LogP contribution in [0, 0.1) is 0 Å². The number of nitrogens with one attached hydrogen (secondary N) is 3. The molecule has 0 bridgehead atoms. The van der Waals surface area contributed by atoms with E-state index in [1.807, 2.05) is 40.1 Å². The van der Waals surface area contributed by atoms with Crippen LogP contribution in [-0.2, 0) is 16.0 Å². The van der Waals surface area contributed by atoms with Gasteiger partial charge < -0.3 is 30.9 Å². The van der Waals surface area contributed by atoms with E-state index in [9.17, 15) is 24.3 Å². The fourth-order valence-electron chi connectivity index (χ4n) is 5.23. The summed E-state index contributed by atoms with van der Waals surface area (Å²) < 4.78 is 0. The van der Waals surface area contributed by atoms with Crippen LogP contribution in [0.3, 0.4) is 0 Å². The number of piperazine rings is 1. The van der Waals surface area contributed by atoms with Crippen LogP contribution in [-0.4, -0.2) is 65.0 Å². The van der Waals surface area contributed by atoms with E-state index in [-0.39, 0.29) is 17.9 Å². The van der Waals surface area contributed by atoms with Crippen molar-refractivity contribution in [2.45, 2.75) is 18.9 Å². The van der Waals surface area contributed by atoms with Crippen molar-refractivity contribution >= 4 is 52.5 Å². The van der Waals surface area contributed by atoms with Gasteiger partial charge in [-0.2, -0.15) is 0 Å². The van der Waals surface area contributed by atoms with Crippen LogP contribution in [0.25, 0.3) is 0 Å². The number of carboxylic acids is 1. The van der Waals surface area contributed by atoms with Crippen LogP contribution in [0.2, 0.25) is 5.02 Å². The van der Waals surface area contributed by atoms with Crippen molar-refractivity contribution in [1.82, 2.24) is 15.2 Å². The highest BCUT2D eigenvalue weighted by molar-refractivity contribution is 6.30. The Kier molecular flexibility index (Phi) is 10.5. The monoisotopic (exact) mass is 640 g/mol. The largest absolute Gasteiger partial charge is 0.481 e. The number of aliphatic carboxylic acids is 1. The summed E-state index contributed by atoms with van der Waals surface area (Å²) in [5.74, 6) is -1.55. The molecule has 46 heavy (non-hydrogen) atoms. The molecule has 12 heteroatoms. The average molecular weight is 641 g/mol. The molecule has 2 heterocycles. The zero-order chi connectivity index (χ0) is 32.5. The Bertz CT molecular complexity index is 1700. The highest BCUT2D eigenvalue weighted by Gasteiger charge is 2.25. The standard InChI is InChI=1S/C34H33ClN6O5/c35-26-9-4-10-27(20-26)37-34(46)39-29-19-24(33(45)38-28(21-32(43)44)25-8-5-13-36-22-25)11-12-30(29)40-14-16-41(17-15-40)31(42)18-23-6-2-1-3-7-23/h1-13,19-20,22,28H,14-18,21H2,(H,38,45)(H,43,44)(H2,37,39,46). The van der Waals surface area contributed by atoms with E-state index in [0.717, 1.165) is 5.56 Å². The highest BCUT2D eigenvalue weighted by atomic mass is 35.5. The van der Waals surface area contributed by atoms with E-state index in [2.05, 4.69) is 20.9 Å². The average Bonchev–Trinajstić information content (AvgIpc) is 3.05. The summed E-state index contributed by atoms with van der Waals surface area (Å²) >= 11 is 6.08. The Morgan fingerprint density at radius 2 is 1.65 bits per heavy atom. The van der Waals surface area contributed by atoms with Gasteiger partial charge in [-0.25, -0.2) is 4.79 Å². The molecule has 0 radical (unpaired) electrons. The molecule has 5 rings (SSSR count). The molecule has 1 unspecified atom stereocenters. The first kappa shape index (κ1) is 32.0. The molecule has 4 aromatic rings. The smallest absolute Gasteiger partial charge is 0.323 e. The first-order chi connectivity index (χ1) is 22.2. The molecular formula is C34H33ClN6O5. The summed E-state index contributed by atoms with van der Waals surface area (Å²) in [6.07, 6.45) is 3.06. The van der Waals surface area contributed by atoms with Gasteiger partial charge in [0.1, 0.15) is 0 Å². The van der Waals surface area contributed by atoms with Gasteiger partial charge in [0, 0.05) is 54.8 Å². The van der Waals surface area contributed by atoms with Crippen LogP contribution in [0.4, 0.5) is 21.9 Å². The lowest BCUT2D eigenvalue weighted by molar-refractivity contribution is -0.137. The van der Waals surface area contributed by atoms with Gasteiger partial charge in [-0.05, 0) is 53.6 Å². The first-order valence-corrected chi connectivity index (χ1v) is 15.1. The number of hydrogen-bond donors (Lipinski definition) is 4. The van der Waals surface area contributed by atoms with Gasteiger partial charge in [-0.1, -0.05) is 54.1 Å². The maximum atomic E-state index is 13.4. The van der Waals surface area contributed by atoms with E-state index in [1.54, 1.807) is 60.8 Å². The highest BCUT2D eigenvalue weighted by Crippen LogP contribution is 2.30. The zero-order valence-corrected chi connectivity index (χ0v) is 25.6. The number of hydrogen-bond acceptors (Lipinski definition) is 6. The summed E-state index contributed by atoms with van der Waals surface area (Å²) in [7, 11) is 0. The molecule has 1 aliphatic heterocycles. The minimum Gasteiger partial charge on any atom is -0.481 e. The van der Waals surface area contributed by atoms with Crippen LogP contribution in [0.15, 0.2) is 97.3 Å². The number of carbonyl (C=O) groups excluding carboxylic acids is 3. The van der Waals surface area contributed by atoms with E-state index in [4.69, 9.17) is 11.6 Å². The molecule has 1 aromatic heterocycles. The molecule has 0 aliphatic carbocycles. The van der Waals surface area contributed by atoms with Crippen LogP contribution in [0.1, 0.15) is 33.9 Å². The van der Waals surface area contributed by atoms with E-state index in [1.165, 1.54) is 6.20 Å². The number of rotatable bonds is 10. The molecule has 1 fully saturated rings. The van der Waals surface area contributed by atoms with Gasteiger partial charge in [-0.3, -0.25) is 19.4 Å². The van der Waals surface area contributed by atoms with Gasteiger partial charge in [0.05, 0.1) is 30.3 Å². The quantitative estimate of drug-likeness (QED) is 0.186. The van der Waals surface area contributed by atoms with Crippen LogP contribution in [0.5, 0.6) is 0 Å². The molecule has 3 aromatic carbocycles. The van der Waals surface area contributed by atoms with E-state index < -0.39 is 23.9 Å². The SMILES string of the molecule is O=C(O)CC(NC(=O)c1ccc(N2CCN(C(=O)Cc3ccccc3)CC2)c(NC(=O)Nc2cccc(Cl)c2)c1)c1cccnc1. The van der Waals surface area contributed by atoms with Gasteiger partial charge >= 0.3 is 12.0 Å². The van der Waals surface area contributed by atoms with Crippen molar-refractivity contribution in [3.63, 3.8) is 0 Å². The topological polar surface area (TPSA) is 144 Å². The number of urea groups is 1. The summed E-state index contributed by atoms with van der Waals surface area (Å²) in [6.45, 7) is 2.00. The summed E-state index contributed by atoms with van der Waals surface area (Å²) in [5.41, 5.74) is 3.25. The number of nitrogens with zero attached hydrogens (tertiary/aromatic N) is 3. The van der Waals surface area contributed by atoms with Crippen molar-refractivity contribution in [3.8, 4) is 0 Å². The second-order valence-corrected chi connectivity index (χ2v) is 11.2. The van der Waals surface area contributed by atoms with Crippen molar-refractivity contribution in [2.24, 2.45) is 0 Å². The van der Waals surface area contributed by atoms with Gasteiger partial charge in [0.2, 0.25) is 5.91 Å². The predicted octanol–water partition coefficient (Wildman–Crippen LogP) is 5.22. The third kappa shape index (κ3) is 8.60. The lowest BCUT2D eigenvalue weighted by atomic mass is 10.0. The Balaban J connectivity index is 1.34. The minimum absolute atomic E-state index is 0.0432. The normalized spacial score (nSPS) is 13.4. The van der Waals surface area contributed by atoms with Crippen LogP contribution < -0.4 is 20.9 Å². The van der Waals surface area contributed by atoms with E-state index in [0.29, 0.717) is 60.2 Å². The molecular weight excluding hydrogens is 608 g/mol. The Morgan fingerprint density at radius 3 is 2.35 bits per heavy atom. The minimum atomic E-state index is -1.08. The summed E-state index contributed by atoms with van der Waals surface area (Å²) in [5, 5.41) is 18.3. The number of halogens is 1. The Hall–Kier alpha value is -5.42. The number of aromatic nitrogens is 1. The lowest BCUT2D eigenvalue weighted by Crippen LogP contribution is -2.49. The Labute approximate surface area is 271 Å². The van der Waals surface area contributed by atoms with E-state index >= 15 is 0 Å². The van der Waals surface area contributed by atoms with Gasteiger partial charge in [0.25, 0.3) is 5.91 Å². The fraction of sp³-hybridized carbons (Fsp3) is 0.206. The maximum absolute atomic E-state index is 13.4. The van der Waals surface area contributed by atoms with Gasteiger partial charge in [0.15, 0.2) is 0 Å². The molecule has 0 saturated carbocycles. The number of amides is 4. The summed E-state index contributed by atoms with van der Waals surface area (Å²) in [4.78, 5) is 58.9. The zero-order valence-electron chi connectivity index (χ0n) is 24.9. The first-order valence-electron chi connectivity index (χ1n) is 14.7. The molecule has 236 valence electrons. The van der Waals surface area contributed by atoms with Crippen molar-refractivity contribution in [2.75, 3.05) is 41.7 Å². The third-order valence-electron chi connectivity index (χ3n) is 7.53. The van der Waals surface area contributed by atoms with Crippen molar-refractivity contribution in [3.05, 3.63) is 119 Å². The maximum Gasteiger partial charge on any atom is 0.323 e. The molecule has 4 amide bonds. The molecule has 1 aliphatic rings. The summed E-state index contributed by atoms with van der Waals surface area (Å²) in [6, 6.07) is 23.2.